The van der Waals surface area contributed by atoms with E-state index >= 15 is 0 Å². The van der Waals surface area contributed by atoms with Gasteiger partial charge in [-0.15, -0.1) is 0 Å². The van der Waals surface area contributed by atoms with E-state index in [9.17, 15) is 69.4 Å². The predicted molar refractivity (Wildman–Crippen MR) is 514 cm³/mol. The van der Waals surface area contributed by atoms with Crippen LogP contribution in [0.1, 0.15) is 331 Å². The number of amides is 2. The van der Waals surface area contributed by atoms with Crippen LogP contribution in [0.3, 0.4) is 0 Å². The third-order valence-electron chi connectivity index (χ3n) is 23.8. The lowest BCUT2D eigenvalue weighted by Crippen LogP contribution is -2.70. The van der Waals surface area contributed by atoms with E-state index in [-0.39, 0.29) is 18.9 Å². The highest BCUT2D eigenvalue weighted by molar-refractivity contribution is 7.61. The van der Waals surface area contributed by atoms with Crippen LogP contribution < -0.4 is 10.6 Å². The molecule has 0 aromatic carbocycles. The second-order valence-electron chi connectivity index (χ2n) is 36.7. The molecule has 0 radical (unpaired) electrons. The maximum atomic E-state index is 13.4. The summed E-state index contributed by atoms with van der Waals surface area (Å²) in [6, 6.07) is -3.54. The van der Waals surface area contributed by atoms with Gasteiger partial charge in [-0.1, -0.05) is 182 Å². The molecule has 0 spiro atoms. The number of phosphoric ester groups is 2. The molecule has 3 aliphatic heterocycles. The molecular formula is C102H170N2O22P2. The number of aliphatic hydroxyl groups is 8. The molecule has 26 heteroatoms. The third-order valence-corrected chi connectivity index (χ3v) is 26.5. The molecule has 3 saturated heterocycles. The number of carbonyl (C=O) groups excluding carboxylic acids is 2. The van der Waals surface area contributed by atoms with Crippen molar-refractivity contribution >= 4 is 27.5 Å². The van der Waals surface area contributed by atoms with Crippen LogP contribution in [-0.2, 0) is 55.8 Å². The zero-order valence-corrected chi connectivity index (χ0v) is 83.2. The molecule has 24 nitrogen and oxygen atoms in total. The highest BCUT2D eigenvalue weighted by atomic mass is 31.3. The van der Waals surface area contributed by atoms with Crippen LogP contribution in [0.25, 0.3) is 0 Å². The van der Waals surface area contributed by atoms with E-state index in [0.717, 1.165) is 187 Å². The molecular weight excluding hydrogens is 1670 g/mol. The summed E-state index contributed by atoms with van der Waals surface area (Å²) < 4.78 is 69.8. The standard InChI is InChI=1S/C102H170N2O22P2/c1-70(2)35-20-36-71(3)37-21-38-72(4)39-22-40-73(5)41-23-42-74(6)43-24-44-75(7)45-25-46-76(8)47-26-48-77(9)49-27-50-78(10)51-28-52-79(11)53-29-54-80(12)55-30-56-81(13)57-31-58-82(14)59-32-60-83(15)61-33-62-84(16)63-34-64-85(17)65-66-119-127(115,116)126-128(117,118)125-101-92(104-87(19)109)95(112)98(90(69-107)122-101)123-100-91(103-86(18)108)94(111)99(89(68-106)121-100)124-102-97(114)96(113)93(110)88(67-105)120-102/h35,37,39,41,43,45,47,49,51,53,55,57,59,61,63,85,88-102,105-107,110-114H,20-34,36,38,40,42,44,46,48,50,52,54,56,58,60,62,64-69H2,1-19H3,(H,103,108)(H,104,109)(H,115,116)(H,117,118)/b71-37+,72-39+,73-41+,74-43+,75-45-,76-47+,77-49+,78-51+,79-53+,80-55-,81-57+,82-59+,83-61+,84-63+/t85?,88-,89-,90-,91-,92-,93-,94-,95-,96+,97+,98-,99-,100+,101+,102+/m1/s1. The second-order valence-corrected chi connectivity index (χ2v) is 39.7. The number of hydrogen-bond acceptors (Lipinski definition) is 20. The largest absolute Gasteiger partial charge is 0.483 e. The average molecular weight is 1840 g/mol. The van der Waals surface area contributed by atoms with Crippen molar-refractivity contribution in [2.24, 2.45) is 5.92 Å². The first-order chi connectivity index (χ1) is 60.6. The van der Waals surface area contributed by atoms with Crippen molar-refractivity contribution in [1.29, 1.82) is 0 Å². The van der Waals surface area contributed by atoms with Gasteiger partial charge in [-0.2, -0.15) is 4.31 Å². The first-order valence-electron chi connectivity index (χ1n) is 47.1. The van der Waals surface area contributed by atoms with Crippen LogP contribution in [0.4, 0.5) is 0 Å². The molecule has 0 aromatic rings. The van der Waals surface area contributed by atoms with Crippen molar-refractivity contribution < 1.29 is 106 Å². The Morgan fingerprint density at radius 3 is 0.844 bits per heavy atom. The molecule has 3 fully saturated rings. The van der Waals surface area contributed by atoms with Crippen LogP contribution in [0, 0.1) is 5.92 Å². The number of hydrogen-bond donors (Lipinski definition) is 12. The Labute approximate surface area is 770 Å². The van der Waals surface area contributed by atoms with Gasteiger partial charge in [0.1, 0.15) is 73.1 Å². The fraction of sp³-hybridized carbons (Fsp3) is 0.686. The van der Waals surface area contributed by atoms with E-state index in [2.05, 4.69) is 217 Å². The van der Waals surface area contributed by atoms with Gasteiger partial charge in [0.2, 0.25) is 11.8 Å². The molecule has 0 aromatic heterocycles. The molecule has 3 aliphatic rings. The van der Waals surface area contributed by atoms with Gasteiger partial charge in [0.15, 0.2) is 18.9 Å². The summed E-state index contributed by atoms with van der Waals surface area (Å²) in [4.78, 5) is 46.3. The van der Waals surface area contributed by atoms with Crippen molar-refractivity contribution in [2.45, 2.75) is 423 Å². The van der Waals surface area contributed by atoms with E-state index in [0.29, 0.717) is 6.42 Å². The number of rotatable bonds is 62. The SMILES string of the molecule is CC(=O)N[C@H]1[C@H](O[C@H]2[C@H](O)[C@@H](NC(C)=O)[C@H](OP(=O)(O)OP(=O)(O)OCCC(C)CC/C=C(\C)CC/C=C(\C)CC/C=C(\C)CC/C=C(\C)CC/C=C(/C)CC/C=C(\C)CC/C=C(\C)CC/C=C(\C)CC/C=C(\C)CC/C=C(/C)CC/C=C(\C)CC/C=C(\C)CC/C=C(\C)CC/C=C(\C)CCC=C(C)C)O[C@@H]2CO)O[C@H](CO)[C@@H](O[C@@H]2O[C@H](CO)[C@@H](O)[C@H](O)[C@@H]2O)[C@@H]1O. The monoisotopic (exact) mass is 1840 g/mol. The molecule has 0 aliphatic carbocycles. The number of ether oxygens (including phenoxy) is 5. The zero-order valence-electron chi connectivity index (χ0n) is 81.4. The summed E-state index contributed by atoms with van der Waals surface area (Å²) in [5, 5.41) is 89.6. The van der Waals surface area contributed by atoms with Crippen molar-refractivity contribution in [3.63, 3.8) is 0 Å². The Morgan fingerprint density at radius 2 is 0.570 bits per heavy atom. The summed E-state index contributed by atoms with van der Waals surface area (Å²) in [7, 11) is -11.0. The summed E-state index contributed by atoms with van der Waals surface area (Å²) >= 11 is 0. The molecule has 0 bridgehead atoms. The summed E-state index contributed by atoms with van der Waals surface area (Å²) in [6.45, 7) is 36.8. The van der Waals surface area contributed by atoms with Gasteiger partial charge in [-0.3, -0.25) is 18.6 Å². The number of carbonyl (C=O) groups is 2. The van der Waals surface area contributed by atoms with Gasteiger partial charge in [0.05, 0.1) is 26.4 Å². The van der Waals surface area contributed by atoms with Gasteiger partial charge in [-0.25, -0.2) is 9.13 Å². The van der Waals surface area contributed by atoms with Gasteiger partial charge in [-0.05, 0) is 316 Å². The lowest BCUT2D eigenvalue weighted by atomic mass is 9.94. The molecule has 18 atom stereocenters. The highest BCUT2D eigenvalue weighted by Gasteiger charge is 2.56. The minimum absolute atomic E-state index is 0.00352. The molecule has 3 heterocycles. The molecule has 730 valence electrons. The predicted octanol–water partition coefficient (Wildman–Crippen LogP) is 20.9. The van der Waals surface area contributed by atoms with Crippen LogP contribution in [0.5, 0.6) is 0 Å². The van der Waals surface area contributed by atoms with E-state index in [1.165, 1.54) is 96.4 Å². The third kappa shape index (κ3) is 50.8. The molecule has 128 heavy (non-hydrogen) atoms. The first kappa shape index (κ1) is 117. The van der Waals surface area contributed by atoms with E-state index < -0.39 is 139 Å². The van der Waals surface area contributed by atoms with Gasteiger partial charge in [0.25, 0.3) is 0 Å². The first-order valence-corrected chi connectivity index (χ1v) is 50.1. The minimum Gasteiger partial charge on any atom is -0.394 e. The Bertz CT molecular complexity index is 3890. The maximum Gasteiger partial charge on any atom is 0.483 e. The smallest absolute Gasteiger partial charge is 0.394 e. The Hall–Kier alpha value is -5.22. The van der Waals surface area contributed by atoms with Gasteiger partial charge in [0, 0.05) is 13.8 Å². The van der Waals surface area contributed by atoms with Crippen molar-refractivity contribution in [1.82, 2.24) is 10.6 Å². The van der Waals surface area contributed by atoms with Crippen LogP contribution >= 0.6 is 15.6 Å². The summed E-state index contributed by atoms with van der Waals surface area (Å²) in [5.74, 6) is -1.65. The molecule has 12 N–H and O–H groups in total. The van der Waals surface area contributed by atoms with Gasteiger partial charge >= 0.3 is 15.6 Å². The van der Waals surface area contributed by atoms with E-state index in [1.54, 1.807) is 0 Å². The van der Waals surface area contributed by atoms with Crippen molar-refractivity contribution in [2.75, 3.05) is 26.4 Å². The van der Waals surface area contributed by atoms with Gasteiger partial charge < -0.3 is 85.0 Å². The molecule has 2 amide bonds. The second kappa shape index (κ2) is 64.6. The Kier molecular flexibility index (Phi) is 59.1. The highest BCUT2D eigenvalue weighted by Crippen LogP contribution is 2.61. The summed E-state index contributed by atoms with van der Waals surface area (Å²) in [6.07, 6.45) is 44.7. The van der Waals surface area contributed by atoms with E-state index in [1.807, 2.05) is 6.92 Å². The zero-order chi connectivity index (χ0) is 95.5. The quantitative estimate of drug-likeness (QED) is 0.0199. The Balaban J connectivity index is 1.28. The number of aliphatic hydroxyl groups excluding tert-OH is 8. The number of allylic oxidation sites excluding steroid dienone is 30. The minimum atomic E-state index is -5.70. The number of phosphoric acid groups is 2. The maximum absolute atomic E-state index is 13.4. The van der Waals surface area contributed by atoms with Crippen molar-refractivity contribution in [3.05, 3.63) is 175 Å². The summed E-state index contributed by atoms with van der Waals surface area (Å²) in [5.41, 5.74) is 21.8. The Morgan fingerprint density at radius 1 is 0.320 bits per heavy atom. The normalized spacial score (nSPS) is 25.9. The fourth-order valence-corrected chi connectivity index (χ4v) is 17.7. The van der Waals surface area contributed by atoms with Crippen LogP contribution in [0.2, 0.25) is 0 Å². The molecule has 0 saturated carbocycles. The topological polar surface area (TPSA) is 368 Å². The number of nitrogens with one attached hydrogen (secondary N) is 2. The molecule has 3 rings (SSSR count). The van der Waals surface area contributed by atoms with E-state index in [4.69, 9.17) is 32.7 Å². The van der Waals surface area contributed by atoms with Crippen LogP contribution in [0.15, 0.2) is 175 Å². The molecule has 3 unspecified atom stereocenters. The lowest BCUT2D eigenvalue weighted by molar-refractivity contribution is -0.360. The average Bonchev–Trinajstić information content (AvgIpc) is 0.765. The van der Waals surface area contributed by atoms with Crippen molar-refractivity contribution in [3.8, 4) is 0 Å². The lowest BCUT2D eigenvalue weighted by Gasteiger charge is -2.49. The fourth-order valence-electron chi connectivity index (χ4n) is 15.5. The van der Waals surface area contributed by atoms with Crippen LogP contribution in [-0.4, -0.2) is 181 Å².